The summed E-state index contributed by atoms with van der Waals surface area (Å²) in [6.45, 7) is 7.54. The SMILES string of the molecule is CC(CCN1CCN(c2ccccc2)CC1)Nc1ncccc1C#N. The molecule has 5 heteroatoms. The highest BCUT2D eigenvalue weighted by molar-refractivity contribution is 5.51. The largest absolute Gasteiger partial charge is 0.369 e. The molecule has 0 spiro atoms. The summed E-state index contributed by atoms with van der Waals surface area (Å²) in [5, 5.41) is 12.5. The first-order chi connectivity index (χ1) is 12.3. The molecule has 0 bridgehead atoms. The maximum atomic E-state index is 9.14. The molecule has 1 atom stereocenters. The molecule has 130 valence electrons. The fraction of sp³-hybridized carbons (Fsp3) is 0.400. The van der Waals surface area contributed by atoms with Crippen LogP contribution < -0.4 is 10.2 Å². The number of para-hydroxylation sites is 1. The quantitative estimate of drug-likeness (QED) is 0.879. The fourth-order valence-corrected chi connectivity index (χ4v) is 3.16. The van der Waals surface area contributed by atoms with Crippen molar-refractivity contribution < 1.29 is 0 Å². The highest BCUT2D eigenvalue weighted by Crippen LogP contribution is 2.16. The number of rotatable bonds is 6. The average Bonchev–Trinajstić information content (AvgIpc) is 2.68. The van der Waals surface area contributed by atoms with E-state index in [0.29, 0.717) is 11.4 Å². The Labute approximate surface area is 149 Å². The number of nitrogens with zero attached hydrogens (tertiary/aromatic N) is 4. The maximum Gasteiger partial charge on any atom is 0.144 e. The van der Waals surface area contributed by atoms with Crippen LogP contribution in [0.25, 0.3) is 0 Å². The Morgan fingerprint density at radius 1 is 1.12 bits per heavy atom. The number of nitrogens with one attached hydrogen (secondary N) is 1. The van der Waals surface area contributed by atoms with E-state index in [2.05, 4.69) is 63.4 Å². The number of pyridine rings is 1. The Kier molecular flexibility index (Phi) is 5.86. The van der Waals surface area contributed by atoms with Crippen LogP contribution >= 0.6 is 0 Å². The van der Waals surface area contributed by atoms with Crippen LogP contribution in [0.15, 0.2) is 48.7 Å². The zero-order valence-corrected chi connectivity index (χ0v) is 14.7. The van der Waals surface area contributed by atoms with Crippen LogP contribution in [-0.4, -0.2) is 48.6 Å². The van der Waals surface area contributed by atoms with Crippen LogP contribution in [0.5, 0.6) is 0 Å². The molecule has 1 unspecified atom stereocenters. The third-order valence-electron chi connectivity index (χ3n) is 4.68. The van der Waals surface area contributed by atoms with Crippen molar-refractivity contribution in [1.29, 1.82) is 5.26 Å². The van der Waals surface area contributed by atoms with Crippen LogP contribution in [0.1, 0.15) is 18.9 Å². The molecule has 0 saturated carbocycles. The van der Waals surface area contributed by atoms with Gasteiger partial charge >= 0.3 is 0 Å². The van der Waals surface area contributed by atoms with Crippen molar-refractivity contribution >= 4 is 11.5 Å². The van der Waals surface area contributed by atoms with Crippen molar-refractivity contribution in [3.05, 3.63) is 54.2 Å². The zero-order chi connectivity index (χ0) is 17.5. The van der Waals surface area contributed by atoms with E-state index in [4.69, 9.17) is 5.26 Å². The predicted octanol–water partition coefficient (Wildman–Crippen LogP) is 2.97. The molecule has 2 aromatic rings. The summed E-state index contributed by atoms with van der Waals surface area (Å²) in [6.07, 6.45) is 2.76. The van der Waals surface area contributed by atoms with Crippen molar-refractivity contribution in [2.24, 2.45) is 0 Å². The van der Waals surface area contributed by atoms with Crippen molar-refractivity contribution in [2.45, 2.75) is 19.4 Å². The molecule has 2 heterocycles. The summed E-state index contributed by atoms with van der Waals surface area (Å²) in [4.78, 5) is 9.24. The molecule has 0 radical (unpaired) electrons. The lowest BCUT2D eigenvalue weighted by Crippen LogP contribution is -2.47. The number of aromatic nitrogens is 1. The summed E-state index contributed by atoms with van der Waals surface area (Å²) >= 11 is 0. The van der Waals surface area contributed by atoms with E-state index in [9.17, 15) is 0 Å². The van der Waals surface area contributed by atoms with Crippen LogP contribution in [0.2, 0.25) is 0 Å². The van der Waals surface area contributed by atoms with Gasteiger partial charge in [0.25, 0.3) is 0 Å². The van der Waals surface area contributed by atoms with Gasteiger partial charge in [-0.25, -0.2) is 4.98 Å². The average molecular weight is 335 g/mol. The van der Waals surface area contributed by atoms with Gasteiger partial charge in [0.15, 0.2) is 0 Å². The first-order valence-corrected chi connectivity index (χ1v) is 8.90. The molecule has 1 aliphatic rings. The second kappa shape index (κ2) is 8.50. The minimum absolute atomic E-state index is 0.286. The molecule has 25 heavy (non-hydrogen) atoms. The topological polar surface area (TPSA) is 55.2 Å². The molecule has 5 nitrogen and oxygen atoms in total. The number of nitriles is 1. The number of benzene rings is 1. The molecule has 0 amide bonds. The smallest absolute Gasteiger partial charge is 0.144 e. The van der Waals surface area contributed by atoms with Crippen LogP contribution in [0.3, 0.4) is 0 Å². The minimum Gasteiger partial charge on any atom is -0.369 e. The lowest BCUT2D eigenvalue weighted by molar-refractivity contribution is 0.251. The van der Waals surface area contributed by atoms with E-state index < -0.39 is 0 Å². The van der Waals surface area contributed by atoms with Gasteiger partial charge < -0.3 is 10.2 Å². The Morgan fingerprint density at radius 2 is 1.88 bits per heavy atom. The number of hydrogen-bond acceptors (Lipinski definition) is 5. The number of hydrogen-bond donors (Lipinski definition) is 1. The van der Waals surface area contributed by atoms with Crippen LogP contribution in [0.4, 0.5) is 11.5 Å². The monoisotopic (exact) mass is 335 g/mol. The lowest BCUT2D eigenvalue weighted by Gasteiger charge is -2.36. The normalized spacial score (nSPS) is 16.2. The third-order valence-corrected chi connectivity index (χ3v) is 4.68. The second-order valence-corrected chi connectivity index (χ2v) is 6.51. The molecule has 1 fully saturated rings. The van der Waals surface area contributed by atoms with Gasteiger partial charge in [-0.1, -0.05) is 18.2 Å². The third kappa shape index (κ3) is 4.71. The van der Waals surface area contributed by atoms with E-state index in [1.807, 2.05) is 0 Å². The van der Waals surface area contributed by atoms with Gasteiger partial charge in [0.2, 0.25) is 0 Å². The van der Waals surface area contributed by atoms with E-state index in [0.717, 1.165) is 39.1 Å². The van der Waals surface area contributed by atoms with Gasteiger partial charge in [-0.3, -0.25) is 4.90 Å². The van der Waals surface area contributed by atoms with E-state index in [1.165, 1.54) is 5.69 Å². The Morgan fingerprint density at radius 3 is 2.60 bits per heavy atom. The summed E-state index contributed by atoms with van der Waals surface area (Å²) < 4.78 is 0. The molecular formula is C20H25N5. The predicted molar refractivity (Wildman–Crippen MR) is 102 cm³/mol. The summed E-state index contributed by atoms with van der Waals surface area (Å²) in [5.74, 6) is 0.686. The maximum absolute atomic E-state index is 9.14. The van der Waals surface area contributed by atoms with Crippen LogP contribution in [-0.2, 0) is 0 Å². The molecule has 1 aliphatic heterocycles. The summed E-state index contributed by atoms with van der Waals surface area (Å²) in [7, 11) is 0. The highest BCUT2D eigenvalue weighted by atomic mass is 15.3. The first kappa shape index (κ1) is 17.2. The van der Waals surface area contributed by atoms with Crippen molar-refractivity contribution in [3.63, 3.8) is 0 Å². The first-order valence-electron chi connectivity index (χ1n) is 8.90. The van der Waals surface area contributed by atoms with E-state index in [1.54, 1.807) is 18.3 Å². The zero-order valence-electron chi connectivity index (χ0n) is 14.7. The van der Waals surface area contributed by atoms with Crippen molar-refractivity contribution in [1.82, 2.24) is 9.88 Å². The molecule has 0 aliphatic carbocycles. The van der Waals surface area contributed by atoms with Gasteiger partial charge in [-0.15, -0.1) is 0 Å². The van der Waals surface area contributed by atoms with Gasteiger partial charge in [-0.2, -0.15) is 5.26 Å². The van der Waals surface area contributed by atoms with Gasteiger partial charge in [0.05, 0.1) is 5.56 Å². The van der Waals surface area contributed by atoms with Crippen molar-refractivity contribution in [2.75, 3.05) is 42.9 Å². The Bertz CT molecular complexity index is 702. The van der Waals surface area contributed by atoms with Gasteiger partial charge in [-0.05, 0) is 37.6 Å². The van der Waals surface area contributed by atoms with E-state index in [-0.39, 0.29) is 6.04 Å². The molecular weight excluding hydrogens is 310 g/mol. The number of piperazine rings is 1. The summed E-state index contributed by atoms with van der Waals surface area (Å²) in [5.41, 5.74) is 1.92. The molecule has 3 rings (SSSR count). The molecule has 1 N–H and O–H groups in total. The van der Waals surface area contributed by atoms with Gasteiger partial charge in [0.1, 0.15) is 11.9 Å². The second-order valence-electron chi connectivity index (χ2n) is 6.51. The van der Waals surface area contributed by atoms with E-state index >= 15 is 0 Å². The summed E-state index contributed by atoms with van der Waals surface area (Å²) in [6, 6.07) is 16.7. The minimum atomic E-state index is 0.286. The molecule has 1 aromatic heterocycles. The number of anilines is 2. The lowest BCUT2D eigenvalue weighted by atomic mass is 10.2. The highest BCUT2D eigenvalue weighted by Gasteiger charge is 2.17. The van der Waals surface area contributed by atoms with Crippen LogP contribution in [0, 0.1) is 11.3 Å². The molecule has 1 aromatic carbocycles. The Hall–Kier alpha value is -2.58. The molecule has 1 saturated heterocycles. The van der Waals surface area contributed by atoms with Gasteiger partial charge in [0, 0.05) is 50.6 Å². The standard InChI is InChI=1S/C20H25N5/c1-17(23-20-18(16-21)6-5-10-22-20)9-11-24-12-14-25(15-13-24)19-7-3-2-4-8-19/h2-8,10,17H,9,11-15H2,1H3,(H,22,23). The Balaban J connectivity index is 1.43. The van der Waals surface area contributed by atoms with Crippen molar-refractivity contribution in [3.8, 4) is 6.07 Å². The fourth-order valence-electron chi connectivity index (χ4n) is 3.16.